The van der Waals surface area contributed by atoms with Gasteiger partial charge in [0.25, 0.3) is 0 Å². The van der Waals surface area contributed by atoms with E-state index in [1.807, 2.05) is 12.4 Å². The second-order valence-corrected chi connectivity index (χ2v) is 7.21. The minimum absolute atomic E-state index is 0.121. The van der Waals surface area contributed by atoms with Crippen molar-refractivity contribution in [2.75, 3.05) is 32.9 Å². The zero-order valence-electron chi connectivity index (χ0n) is 13.2. The normalized spacial score (nSPS) is 27.2. The molecule has 2 aliphatic heterocycles. The molecule has 120 valence electrons. The van der Waals surface area contributed by atoms with Gasteiger partial charge >= 0.3 is 0 Å². The molecular weight excluding hydrogens is 276 g/mol. The third kappa shape index (κ3) is 3.19. The molecule has 22 heavy (non-hydrogen) atoms. The Kier molecular flexibility index (Phi) is 4.16. The maximum atomic E-state index is 6.14. The molecule has 0 bridgehead atoms. The molecule has 1 aliphatic carbocycles. The van der Waals surface area contributed by atoms with Gasteiger partial charge in [0.05, 0.1) is 5.60 Å². The molecule has 0 radical (unpaired) electrons. The van der Waals surface area contributed by atoms with Crippen molar-refractivity contribution >= 4 is 0 Å². The third-order valence-corrected chi connectivity index (χ3v) is 5.40. The first-order valence-electron chi connectivity index (χ1n) is 8.67. The van der Waals surface area contributed by atoms with Crippen molar-refractivity contribution in [3.63, 3.8) is 0 Å². The molecule has 4 rings (SSSR count). The van der Waals surface area contributed by atoms with E-state index in [2.05, 4.69) is 22.0 Å². The molecule has 1 atom stereocenters. The molecule has 0 unspecified atom stereocenters. The van der Waals surface area contributed by atoms with Crippen molar-refractivity contribution in [1.82, 2.24) is 9.88 Å². The van der Waals surface area contributed by atoms with Gasteiger partial charge in [0.15, 0.2) is 0 Å². The van der Waals surface area contributed by atoms with E-state index >= 15 is 0 Å². The quantitative estimate of drug-likeness (QED) is 0.725. The Labute approximate surface area is 132 Å². The van der Waals surface area contributed by atoms with E-state index in [-0.39, 0.29) is 5.60 Å². The Hall–Kier alpha value is -0.970. The Morgan fingerprint density at radius 1 is 1.23 bits per heavy atom. The first-order valence-corrected chi connectivity index (χ1v) is 8.67. The highest BCUT2D eigenvalue weighted by Gasteiger charge is 2.52. The lowest BCUT2D eigenvalue weighted by atomic mass is 9.79. The van der Waals surface area contributed by atoms with Crippen LogP contribution in [0.15, 0.2) is 24.5 Å². The van der Waals surface area contributed by atoms with Crippen LogP contribution in [0.1, 0.15) is 31.2 Å². The van der Waals surface area contributed by atoms with Gasteiger partial charge in [0.2, 0.25) is 0 Å². The number of likely N-dealkylation sites (tertiary alicyclic amines) is 1. The lowest BCUT2D eigenvalue weighted by Crippen LogP contribution is -2.64. The molecule has 2 saturated heterocycles. The van der Waals surface area contributed by atoms with Gasteiger partial charge in [-0.3, -0.25) is 9.88 Å². The summed E-state index contributed by atoms with van der Waals surface area (Å²) in [5, 5.41) is 0. The maximum Gasteiger partial charge on any atom is 0.0964 e. The second kappa shape index (κ2) is 6.26. The average Bonchev–Trinajstić information content (AvgIpc) is 3.24. The minimum atomic E-state index is 0.121. The van der Waals surface area contributed by atoms with E-state index in [9.17, 15) is 0 Å². The van der Waals surface area contributed by atoms with Crippen LogP contribution in [0.2, 0.25) is 0 Å². The van der Waals surface area contributed by atoms with Gasteiger partial charge in [-0.15, -0.1) is 0 Å². The van der Waals surface area contributed by atoms with Crippen LogP contribution in [0.4, 0.5) is 0 Å². The molecule has 3 heterocycles. The van der Waals surface area contributed by atoms with Crippen molar-refractivity contribution in [3.8, 4) is 0 Å². The largest absolute Gasteiger partial charge is 0.381 e. The van der Waals surface area contributed by atoms with E-state index in [1.165, 1.54) is 24.8 Å². The summed E-state index contributed by atoms with van der Waals surface area (Å²) in [6, 6.07) is 4.20. The van der Waals surface area contributed by atoms with Crippen LogP contribution in [0, 0.1) is 11.8 Å². The van der Waals surface area contributed by atoms with Gasteiger partial charge in [-0.1, -0.05) is 0 Å². The van der Waals surface area contributed by atoms with Crippen molar-refractivity contribution in [2.24, 2.45) is 11.8 Å². The van der Waals surface area contributed by atoms with E-state index in [4.69, 9.17) is 9.47 Å². The third-order valence-electron chi connectivity index (χ3n) is 5.40. The first kappa shape index (κ1) is 14.6. The van der Waals surface area contributed by atoms with Crippen LogP contribution in [-0.2, 0) is 16.0 Å². The van der Waals surface area contributed by atoms with Gasteiger partial charge in [0.1, 0.15) is 0 Å². The number of rotatable bonds is 7. The Morgan fingerprint density at radius 3 is 2.82 bits per heavy atom. The zero-order valence-corrected chi connectivity index (χ0v) is 13.2. The van der Waals surface area contributed by atoms with E-state index in [0.29, 0.717) is 5.92 Å². The van der Waals surface area contributed by atoms with Crippen molar-refractivity contribution in [1.29, 1.82) is 0 Å². The highest BCUT2D eigenvalue weighted by atomic mass is 16.5. The van der Waals surface area contributed by atoms with Gasteiger partial charge in [-0.05, 0) is 55.2 Å². The summed E-state index contributed by atoms with van der Waals surface area (Å²) in [5.74, 6) is 1.55. The fourth-order valence-corrected chi connectivity index (χ4v) is 3.87. The summed E-state index contributed by atoms with van der Waals surface area (Å²) in [6.07, 6.45) is 8.86. The van der Waals surface area contributed by atoms with Gasteiger partial charge in [0, 0.05) is 51.8 Å². The molecule has 0 aromatic carbocycles. The Morgan fingerprint density at radius 2 is 2.05 bits per heavy atom. The van der Waals surface area contributed by atoms with Crippen molar-refractivity contribution < 1.29 is 9.47 Å². The number of aromatic nitrogens is 1. The summed E-state index contributed by atoms with van der Waals surface area (Å²) in [6.45, 7) is 5.98. The monoisotopic (exact) mass is 302 g/mol. The number of ether oxygens (including phenoxy) is 2. The number of pyridine rings is 1. The summed E-state index contributed by atoms with van der Waals surface area (Å²) in [5.41, 5.74) is 1.46. The Balaban J connectivity index is 1.23. The van der Waals surface area contributed by atoms with Gasteiger partial charge in [-0.25, -0.2) is 0 Å². The highest BCUT2D eigenvalue weighted by molar-refractivity contribution is 5.13. The topological polar surface area (TPSA) is 34.6 Å². The number of hydrogen-bond donors (Lipinski definition) is 0. The molecule has 4 nitrogen and oxygen atoms in total. The lowest BCUT2D eigenvalue weighted by Gasteiger charge is -2.50. The SMILES string of the molecule is c1cc(CN2CC3(C2)OCC[C@@H]3CCOCC2CC2)ccn1. The molecule has 1 saturated carbocycles. The maximum absolute atomic E-state index is 6.14. The molecular formula is C18H26N2O2. The molecule has 0 amide bonds. The molecule has 0 N–H and O–H groups in total. The first-order chi connectivity index (χ1) is 10.8. The van der Waals surface area contributed by atoms with Gasteiger partial charge in [-0.2, -0.15) is 0 Å². The van der Waals surface area contributed by atoms with Crippen molar-refractivity contribution in [2.45, 2.75) is 37.8 Å². The smallest absolute Gasteiger partial charge is 0.0964 e. The zero-order chi connectivity index (χ0) is 14.8. The molecule has 3 aliphatic rings. The fraction of sp³-hybridized carbons (Fsp3) is 0.722. The fourth-order valence-electron chi connectivity index (χ4n) is 3.87. The molecule has 3 fully saturated rings. The molecule has 1 spiro atoms. The van der Waals surface area contributed by atoms with E-state index < -0.39 is 0 Å². The highest BCUT2D eigenvalue weighted by Crippen LogP contribution is 2.42. The molecule has 1 aromatic rings. The second-order valence-electron chi connectivity index (χ2n) is 7.21. The van der Waals surface area contributed by atoms with Crippen LogP contribution in [0.25, 0.3) is 0 Å². The minimum Gasteiger partial charge on any atom is -0.381 e. The Bertz CT molecular complexity index is 483. The summed E-state index contributed by atoms with van der Waals surface area (Å²) >= 11 is 0. The standard InChI is InChI=1S/C18H26N2O2/c1-2-16(1)12-21-9-5-17-6-10-22-18(17)13-20(14-18)11-15-3-7-19-8-4-15/h3-4,7-8,16-17H,1-2,5-6,9-14H2/t17-/m0/s1. The van der Waals surface area contributed by atoms with Crippen LogP contribution in [-0.4, -0.2) is 48.4 Å². The average molecular weight is 302 g/mol. The van der Waals surface area contributed by atoms with E-state index in [1.54, 1.807) is 0 Å². The number of hydrogen-bond acceptors (Lipinski definition) is 4. The van der Waals surface area contributed by atoms with Crippen LogP contribution in [0.5, 0.6) is 0 Å². The van der Waals surface area contributed by atoms with Crippen LogP contribution >= 0.6 is 0 Å². The lowest BCUT2D eigenvalue weighted by molar-refractivity contribution is -0.139. The predicted octanol–water partition coefficient (Wildman–Crippen LogP) is 2.49. The summed E-state index contributed by atoms with van der Waals surface area (Å²) < 4.78 is 12.0. The predicted molar refractivity (Wildman–Crippen MR) is 84.5 cm³/mol. The summed E-state index contributed by atoms with van der Waals surface area (Å²) in [4.78, 5) is 6.57. The number of nitrogens with zero attached hydrogens (tertiary/aromatic N) is 2. The summed E-state index contributed by atoms with van der Waals surface area (Å²) in [7, 11) is 0. The van der Waals surface area contributed by atoms with Crippen molar-refractivity contribution in [3.05, 3.63) is 30.1 Å². The van der Waals surface area contributed by atoms with Gasteiger partial charge < -0.3 is 9.47 Å². The van der Waals surface area contributed by atoms with Crippen LogP contribution < -0.4 is 0 Å². The molecule has 4 heteroatoms. The van der Waals surface area contributed by atoms with E-state index in [0.717, 1.165) is 51.8 Å². The van der Waals surface area contributed by atoms with Crippen LogP contribution in [0.3, 0.4) is 0 Å². The molecule has 1 aromatic heterocycles.